The van der Waals surface area contributed by atoms with Gasteiger partial charge in [-0.15, -0.1) is 0 Å². The second-order valence-corrected chi connectivity index (χ2v) is 10.5. The second kappa shape index (κ2) is 10.8. The highest BCUT2D eigenvalue weighted by molar-refractivity contribution is 6.04. The molecule has 38 heavy (non-hydrogen) atoms. The van der Waals surface area contributed by atoms with Crippen LogP contribution in [-0.2, 0) is 5.92 Å². The SMILES string of the molecule is CC(C)(C)NC(=O)N1CCCN(c2ccc(NC(=O)c3nc(-c4ccccc4)oc3C(C)(F)F)cc2)CC1. The number of rotatable bonds is 5. The number of oxazole rings is 1. The summed E-state index contributed by atoms with van der Waals surface area (Å²) in [6.45, 7) is 9.23. The van der Waals surface area contributed by atoms with E-state index in [4.69, 9.17) is 4.42 Å². The van der Waals surface area contributed by atoms with Gasteiger partial charge in [-0.25, -0.2) is 9.78 Å². The first kappa shape index (κ1) is 27.1. The third kappa shape index (κ3) is 6.67. The first-order chi connectivity index (χ1) is 17.9. The highest BCUT2D eigenvalue weighted by atomic mass is 19.3. The van der Waals surface area contributed by atoms with Crippen molar-refractivity contribution in [3.63, 3.8) is 0 Å². The fourth-order valence-electron chi connectivity index (χ4n) is 4.20. The summed E-state index contributed by atoms with van der Waals surface area (Å²) in [5.74, 6) is -5.00. The molecule has 1 aromatic heterocycles. The van der Waals surface area contributed by atoms with Gasteiger partial charge in [0.2, 0.25) is 11.7 Å². The molecule has 3 aromatic rings. The lowest BCUT2D eigenvalue weighted by atomic mass is 10.1. The fraction of sp³-hybridized carbons (Fsp3) is 0.393. The van der Waals surface area contributed by atoms with Gasteiger partial charge in [0.25, 0.3) is 5.91 Å². The number of benzene rings is 2. The Balaban J connectivity index is 1.43. The van der Waals surface area contributed by atoms with Crippen molar-refractivity contribution < 1.29 is 22.8 Å². The summed E-state index contributed by atoms with van der Waals surface area (Å²) in [5.41, 5.74) is 1.12. The van der Waals surface area contributed by atoms with Gasteiger partial charge in [-0.05, 0) is 63.6 Å². The molecule has 1 fully saturated rings. The smallest absolute Gasteiger partial charge is 0.317 e. The largest absolute Gasteiger partial charge is 0.434 e. The lowest BCUT2D eigenvalue weighted by Crippen LogP contribution is -2.49. The molecule has 2 N–H and O–H groups in total. The molecule has 1 aliphatic heterocycles. The molecule has 10 heteroatoms. The Hall–Kier alpha value is -3.95. The molecule has 4 rings (SSSR count). The van der Waals surface area contributed by atoms with Crippen LogP contribution in [0.4, 0.5) is 25.0 Å². The number of carbonyl (C=O) groups is 2. The number of urea groups is 1. The molecule has 202 valence electrons. The minimum atomic E-state index is -3.39. The fourth-order valence-corrected chi connectivity index (χ4v) is 4.20. The van der Waals surface area contributed by atoms with Crippen LogP contribution in [0.3, 0.4) is 0 Å². The molecule has 2 heterocycles. The summed E-state index contributed by atoms with van der Waals surface area (Å²) < 4.78 is 33.8. The van der Waals surface area contributed by atoms with Crippen LogP contribution in [0.15, 0.2) is 59.0 Å². The van der Waals surface area contributed by atoms with Crippen molar-refractivity contribution in [1.29, 1.82) is 0 Å². The first-order valence-electron chi connectivity index (χ1n) is 12.6. The number of nitrogens with one attached hydrogen (secondary N) is 2. The number of alkyl halides is 2. The van der Waals surface area contributed by atoms with Crippen molar-refractivity contribution >= 4 is 23.3 Å². The van der Waals surface area contributed by atoms with Gasteiger partial charge in [-0.3, -0.25) is 4.79 Å². The zero-order chi connectivity index (χ0) is 27.5. The Kier molecular flexibility index (Phi) is 7.71. The summed E-state index contributed by atoms with van der Waals surface area (Å²) in [7, 11) is 0. The van der Waals surface area contributed by atoms with Crippen LogP contribution in [0.2, 0.25) is 0 Å². The van der Waals surface area contributed by atoms with E-state index in [0.717, 1.165) is 18.7 Å². The van der Waals surface area contributed by atoms with Crippen molar-refractivity contribution in [1.82, 2.24) is 15.2 Å². The Labute approximate surface area is 221 Å². The molecule has 1 saturated heterocycles. The lowest BCUT2D eigenvalue weighted by molar-refractivity contribution is -0.00562. The van der Waals surface area contributed by atoms with Crippen molar-refractivity contribution in [2.45, 2.75) is 45.6 Å². The zero-order valence-corrected chi connectivity index (χ0v) is 22.1. The predicted octanol–water partition coefficient (Wildman–Crippen LogP) is 5.73. The monoisotopic (exact) mass is 525 g/mol. The minimum absolute atomic E-state index is 0.0472. The van der Waals surface area contributed by atoms with Gasteiger partial charge < -0.3 is 24.9 Å². The quantitative estimate of drug-likeness (QED) is 0.444. The number of halogens is 2. The Morgan fingerprint density at radius 1 is 0.921 bits per heavy atom. The van der Waals surface area contributed by atoms with Crippen LogP contribution in [0.5, 0.6) is 0 Å². The van der Waals surface area contributed by atoms with Crippen molar-refractivity contribution in [3.8, 4) is 11.5 Å². The Bertz CT molecular complexity index is 1260. The second-order valence-electron chi connectivity index (χ2n) is 10.5. The van der Waals surface area contributed by atoms with Crippen LogP contribution < -0.4 is 15.5 Å². The average Bonchev–Trinajstić information content (AvgIpc) is 3.17. The van der Waals surface area contributed by atoms with Gasteiger partial charge in [0.1, 0.15) is 0 Å². The van der Waals surface area contributed by atoms with Gasteiger partial charge in [0.05, 0.1) is 0 Å². The van der Waals surface area contributed by atoms with E-state index >= 15 is 0 Å². The van der Waals surface area contributed by atoms with E-state index in [1.165, 1.54) is 0 Å². The molecular formula is C28H33F2N5O3. The number of anilines is 2. The number of carbonyl (C=O) groups excluding carboxylic acids is 2. The molecule has 0 bridgehead atoms. The van der Waals surface area contributed by atoms with Crippen LogP contribution in [0.25, 0.3) is 11.5 Å². The van der Waals surface area contributed by atoms with E-state index in [-0.39, 0.29) is 17.5 Å². The normalized spacial score (nSPS) is 14.7. The highest BCUT2D eigenvalue weighted by Gasteiger charge is 2.37. The lowest BCUT2D eigenvalue weighted by Gasteiger charge is -2.28. The van der Waals surface area contributed by atoms with E-state index < -0.39 is 23.3 Å². The molecule has 0 unspecified atom stereocenters. The maximum absolute atomic E-state index is 14.2. The molecule has 0 spiro atoms. The molecule has 8 nitrogen and oxygen atoms in total. The number of hydrogen-bond acceptors (Lipinski definition) is 5. The van der Waals surface area contributed by atoms with Gasteiger partial charge in [0, 0.05) is 55.6 Å². The van der Waals surface area contributed by atoms with Crippen molar-refractivity contribution in [2.24, 2.45) is 0 Å². The van der Waals surface area contributed by atoms with Crippen molar-refractivity contribution in [2.75, 3.05) is 36.4 Å². The molecule has 3 amide bonds. The first-order valence-corrected chi connectivity index (χ1v) is 12.6. The highest BCUT2D eigenvalue weighted by Crippen LogP contribution is 2.34. The average molecular weight is 526 g/mol. The van der Waals surface area contributed by atoms with Gasteiger partial charge in [-0.1, -0.05) is 18.2 Å². The van der Waals surface area contributed by atoms with E-state index in [2.05, 4.69) is 20.5 Å². The van der Waals surface area contributed by atoms with Crippen LogP contribution >= 0.6 is 0 Å². The molecule has 0 saturated carbocycles. The maximum atomic E-state index is 14.2. The number of aromatic nitrogens is 1. The maximum Gasteiger partial charge on any atom is 0.317 e. The number of nitrogens with zero attached hydrogens (tertiary/aromatic N) is 3. The van der Waals surface area contributed by atoms with Crippen LogP contribution in [0.1, 0.15) is 50.4 Å². The topological polar surface area (TPSA) is 90.7 Å². The van der Waals surface area contributed by atoms with E-state index in [1.807, 2.05) is 37.8 Å². The molecule has 1 aliphatic rings. The summed E-state index contributed by atoms with van der Waals surface area (Å²) in [5, 5.41) is 5.65. The third-order valence-corrected chi connectivity index (χ3v) is 6.02. The van der Waals surface area contributed by atoms with Gasteiger partial charge >= 0.3 is 12.0 Å². The predicted molar refractivity (Wildman–Crippen MR) is 143 cm³/mol. The van der Waals surface area contributed by atoms with Gasteiger partial charge in [-0.2, -0.15) is 8.78 Å². The summed E-state index contributed by atoms with van der Waals surface area (Å²) >= 11 is 0. The van der Waals surface area contributed by atoms with E-state index in [9.17, 15) is 18.4 Å². The molecule has 0 atom stereocenters. The summed E-state index contributed by atoms with van der Waals surface area (Å²) in [6, 6.07) is 15.6. The van der Waals surface area contributed by atoms with Crippen LogP contribution in [0, 0.1) is 0 Å². The van der Waals surface area contributed by atoms with Crippen LogP contribution in [-0.4, -0.2) is 53.5 Å². The number of amides is 3. The third-order valence-electron chi connectivity index (χ3n) is 6.02. The Morgan fingerprint density at radius 3 is 2.24 bits per heavy atom. The van der Waals surface area contributed by atoms with Crippen molar-refractivity contribution in [3.05, 3.63) is 66.1 Å². The van der Waals surface area contributed by atoms with E-state index in [1.54, 1.807) is 42.5 Å². The van der Waals surface area contributed by atoms with E-state index in [0.29, 0.717) is 37.8 Å². The van der Waals surface area contributed by atoms with Gasteiger partial charge in [0.15, 0.2) is 5.69 Å². The molecule has 0 aliphatic carbocycles. The zero-order valence-electron chi connectivity index (χ0n) is 22.1. The standard InChI is InChI=1S/C28H33F2N5O3/c1-27(2,3)33-26(37)35-16-8-15-34(17-18-35)21-13-11-20(12-14-21)31-24(36)22-23(28(4,29)30)38-25(32-22)19-9-6-5-7-10-19/h5-7,9-14H,8,15-18H2,1-4H3,(H,31,36)(H,33,37). The summed E-state index contributed by atoms with van der Waals surface area (Å²) in [6.07, 6.45) is 0.819. The minimum Gasteiger partial charge on any atom is -0.434 e. The number of hydrogen-bond donors (Lipinski definition) is 2. The summed E-state index contributed by atoms with van der Waals surface area (Å²) in [4.78, 5) is 33.6. The molecule has 0 radical (unpaired) electrons. The molecular weight excluding hydrogens is 492 g/mol. The Morgan fingerprint density at radius 2 is 1.61 bits per heavy atom. The molecule has 2 aromatic carbocycles.